The molecule has 0 aliphatic carbocycles. The molecule has 0 radical (unpaired) electrons. The van der Waals surface area contributed by atoms with Gasteiger partial charge in [0.15, 0.2) is 5.82 Å². The predicted molar refractivity (Wildman–Crippen MR) is 77.3 cm³/mol. The number of hydrogen-bond acceptors (Lipinski definition) is 3. The van der Waals surface area contributed by atoms with E-state index in [4.69, 9.17) is 16.3 Å². The quantitative estimate of drug-likeness (QED) is 0.797. The van der Waals surface area contributed by atoms with Crippen molar-refractivity contribution in [2.24, 2.45) is 0 Å². The molecule has 2 rings (SSSR count). The largest absolute Gasteiger partial charge is 0.380 e. The summed E-state index contributed by atoms with van der Waals surface area (Å²) in [5.74, 6) is 0.677. The molecule has 0 fully saturated rings. The average molecular weight is 277 g/mol. The molecule has 0 aliphatic heterocycles. The molecule has 0 saturated heterocycles. The van der Waals surface area contributed by atoms with Gasteiger partial charge in [-0.3, -0.25) is 0 Å². The summed E-state index contributed by atoms with van der Waals surface area (Å²) in [6.07, 6.45) is 0.850. The van der Waals surface area contributed by atoms with Crippen molar-refractivity contribution in [1.29, 1.82) is 0 Å². The summed E-state index contributed by atoms with van der Waals surface area (Å²) >= 11 is 6.16. The Kier molecular flexibility index (Phi) is 4.51. The van der Waals surface area contributed by atoms with Crippen molar-refractivity contribution in [3.8, 4) is 11.4 Å². The van der Waals surface area contributed by atoms with Crippen molar-refractivity contribution in [1.82, 2.24) is 9.97 Å². The van der Waals surface area contributed by atoms with Gasteiger partial charge in [-0.25, -0.2) is 9.97 Å². The Hall–Kier alpha value is -1.45. The summed E-state index contributed by atoms with van der Waals surface area (Å²) in [4.78, 5) is 8.92. The zero-order valence-corrected chi connectivity index (χ0v) is 12.2. The first-order valence-corrected chi connectivity index (χ1v) is 6.64. The molecule has 0 spiro atoms. The van der Waals surface area contributed by atoms with Crippen molar-refractivity contribution in [2.75, 3.05) is 7.11 Å². The Morgan fingerprint density at radius 1 is 1.16 bits per heavy atom. The minimum atomic E-state index is 0.530. The van der Waals surface area contributed by atoms with Crippen LogP contribution in [-0.2, 0) is 17.8 Å². The number of ether oxygens (including phenoxy) is 1. The minimum absolute atomic E-state index is 0.530. The van der Waals surface area contributed by atoms with Gasteiger partial charge in [0.05, 0.1) is 6.61 Å². The molecule has 0 aliphatic rings. The van der Waals surface area contributed by atoms with Crippen molar-refractivity contribution < 1.29 is 4.74 Å². The van der Waals surface area contributed by atoms with Crippen molar-refractivity contribution in [3.05, 3.63) is 46.2 Å². The molecular weight excluding hydrogens is 260 g/mol. The van der Waals surface area contributed by atoms with Gasteiger partial charge in [-0.2, -0.15) is 0 Å². The Morgan fingerprint density at radius 3 is 2.42 bits per heavy atom. The van der Waals surface area contributed by atoms with Crippen LogP contribution in [0.4, 0.5) is 0 Å². The average Bonchev–Trinajstić information content (AvgIpc) is 2.43. The third-order valence-corrected chi connectivity index (χ3v) is 3.41. The van der Waals surface area contributed by atoms with Crippen LogP contribution in [0.15, 0.2) is 24.3 Å². The van der Waals surface area contributed by atoms with Gasteiger partial charge < -0.3 is 4.74 Å². The lowest BCUT2D eigenvalue weighted by molar-refractivity contribution is 0.185. The van der Waals surface area contributed by atoms with Crippen molar-refractivity contribution in [2.45, 2.75) is 26.9 Å². The molecule has 100 valence electrons. The maximum Gasteiger partial charge on any atom is 0.161 e. The third kappa shape index (κ3) is 3.11. The minimum Gasteiger partial charge on any atom is -0.380 e. The van der Waals surface area contributed by atoms with E-state index in [-0.39, 0.29) is 0 Å². The van der Waals surface area contributed by atoms with E-state index in [9.17, 15) is 0 Å². The molecule has 0 amide bonds. The van der Waals surface area contributed by atoms with E-state index in [0.29, 0.717) is 17.6 Å². The summed E-state index contributed by atoms with van der Waals surface area (Å²) in [7, 11) is 1.68. The zero-order valence-electron chi connectivity index (χ0n) is 11.4. The van der Waals surface area contributed by atoms with Crippen LogP contribution < -0.4 is 0 Å². The van der Waals surface area contributed by atoms with E-state index in [2.05, 4.69) is 16.9 Å². The van der Waals surface area contributed by atoms with Crippen molar-refractivity contribution >= 4 is 11.6 Å². The number of benzene rings is 1. The van der Waals surface area contributed by atoms with Gasteiger partial charge in [-0.05, 0) is 18.9 Å². The second-order valence-electron chi connectivity index (χ2n) is 4.39. The van der Waals surface area contributed by atoms with Gasteiger partial charge in [-0.15, -0.1) is 0 Å². The molecule has 0 saturated carbocycles. The highest BCUT2D eigenvalue weighted by Crippen LogP contribution is 2.22. The van der Waals surface area contributed by atoms with E-state index in [1.54, 1.807) is 7.11 Å². The van der Waals surface area contributed by atoms with Crippen LogP contribution in [0.2, 0.25) is 5.15 Å². The van der Waals surface area contributed by atoms with E-state index in [1.165, 1.54) is 0 Å². The first kappa shape index (κ1) is 14.0. The van der Waals surface area contributed by atoms with Crippen LogP contribution in [0.5, 0.6) is 0 Å². The number of nitrogens with zero attached hydrogens (tertiary/aromatic N) is 2. The van der Waals surface area contributed by atoms with E-state index < -0.39 is 0 Å². The van der Waals surface area contributed by atoms with Gasteiger partial charge >= 0.3 is 0 Å². The molecule has 3 nitrogen and oxygen atoms in total. The first-order valence-electron chi connectivity index (χ1n) is 6.27. The summed E-state index contributed by atoms with van der Waals surface area (Å²) in [6, 6.07) is 8.02. The van der Waals surface area contributed by atoms with Gasteiger partial charge in [0.2, 0.25) is 0 Å². The maximum absolute atomic E-state index is 6.16. The molecule has 1 heterocycles. The fourth-order valence-electron chi connectivity index (χ4n) is 1.92. The normalized spacial score (nSPS) is 10.7. The number of aryl methyl sites for hydroxylation is 1. The monoisotopic (exact) mass is 276 g/mol. The topological polar surface area (TPSA) is 35.0 Å². The van der Waals surface area contributed by atoms with Crippen LogP contribution in [-0.4, -0.2) is 17.1 Å². The van der Waals surface area contributed by atoms with E-state index in [1.807, 2.05) is 31.2 Å². The predicted octanol–water partition coefficient (Wildman–Crippen LogP) is 3.81. The SMILES string of the molecule is CCc1nc(-c2ccc(COC)cc2)nc(Cl)c1C. The first-order chi connectivity index (χ1) is 9.15. The molecular formula is C15H17ClN2O. The number of aromatic nitrogens is 2. The summed E-state index contributed by atoms with van der Waals surface area (Å²) < 4.78 is 5.09. The zero-order chi connectivity index (χ0) is 13.8. The Balaban J connectivity index is 2.38. The van der Waals surface area contributed by atoms with Crippen molar-refractivity contribution in [3.63, 3.8) is 0 Å². The highest BCUT2D eigenvalue weighted by molar-refractivity contribution is 6.30. The van der Waals surface area contributed by atoms with Crippen LogP contribution in [0, 0.1) is 6.92 Å². The second kappa shape index (κ2) is 6.13. The number of halogens is 1. The summed E-state index contributed by atoms with van der Waals surface area (Å²) in [5.41, 5.74) is 4.05. The van der Waals surface area contributed by atoms with Crippen LogP contribution >= 0.6 is 11.6 Å². The summed E-state index contributed by atoms with van der Waals surface area (Å²) in [6.45, 7) is 4.62. The highest BCUT2D eigenvalue weighted by Gasteiger charge is 2.09. The smallest absolute Gasteiger partial charge is 0.161 e. The molecule has 0 N–H and O–H groups in total. The second-order valence-corrected chi connectivity index (χ2v) is 4.75. The lowest BCUT2D eigenvalue weighted by atomic mass is 10.1. The molecule has 0 bridgehead atoms. The fourth-order valence-corrected chi connectivity index (χ4v) is 2.11. The maximum atomic E-state index is 6.16. The van der Waals surface area contributed by atoms with E-state index >= 15 is 0 Å². The van der Waals surface area contributed by atoms with Gasteiger partial charge in [0, 0.05) is 23.9 Å². The van der Waals surface area contributed by atoms with Gasteiger partial charge in [-0.1, -0.05) is 42.8 Å². The lowest BCUT2D eigenvalue weighted by Crippen LogP contribution is -1.99. The highest BCUT2D eigenvalue weighted by atomic mass is 35.5. The van der Waals surface area contributed by atoms with Crippen LogP contribution in [0.25, 0.3) is 11.4 Å². The lowest BCUT2D eigenvalue weighted by Gasteiger charge is -2.08. The van der Waals surface area contributed by atoms with Crippen LogP contribution in [0.3, 0.4) is 0 Å². The Morgan fingerprint density at radius 2 is 1.84 bits per heavy atom. The van der Waals surface area contributed by atoms with Gasteiger partial charge in [0.25, 0.3) is 0 Å². The molecule has 1 aromatic heterocycles. The molecule has 4 heteroatoms. The van der Waals surface area contributed by atoms with E-state index in [0.717, 1.165) is 28.8 Å². The van der Waals surface area contributed by atoms with Gasteiger partial charge in [0.1, 0.15) is 5.15 Å². The molecule has 19 heavy (non-hydrogen) atoms. The Bertz CT molecular complexity index is 567. The van der Waals surface area contributed by atoms with Crippen LogP contribution in [0.1, 0.15) is 23.7 Å². The Labute approximate surface area is 118 Å². The number of methoxy groups -OCH3 is 1. The molecule has 0 atom stereocenters. The number of hydrogen-bond donors (Lipinski definition) is 0. The number of rotatable bonds is 4. The standard InChI is InChI=1S/C15H17ClN2O/c1-4-13-10(2)14(16)18-15(17-13)12-7-5-11(6-8-12)9-19-3/h5-8H,4,9H2,1-3H3. The fraction of sp³-hybridized carbons (Fsp3) is 0.333. The molecule has 0 unspecified atom stereocenters. The summed E-state index contributed by atoms with van der Waals surface area (Å²) in [5, 5.41) is 0.530. The third-order valence-electron chi connectivity index (χ3n) is 3.05. The molecule has 1 aromatic carbocycles. The molecule has 2 aromatic rings.